The van der Waals surface area contributed by atoms with Crippen molar-refractivity contribution in [2.45, 2.75) is 12.8 Å². The zero-order valence-corrected chi connectivity index (χ0v) is 13.5. The van der Waals surface area contributed by atoms with Crippen LogP contribution in [0.25, 0.3) is 10.8 Å². The third-order valence-electron chi connectivity index (χ3n) is 1.24. The van der Waals surface area contributed by atoms with E-state index in [1.165, 1.54) is 0 Å². The first-order valence-corrected chi connectivity index (χ1v) is 3.57. The standard InChI is InChI=1S/C8H13N3.2Y/c1-3-7(9)5-11-6-8(10)4-2;;/h11H,1-6H2;;/q-4;;. The van der Waals surface area contributed by atoms with Crippen molar-refractivity contribution in [1.29, 1.82) is 0 Å². The van der Waals surface area contributed by atoms with Gasteiger partial charge in [-0.05, 0) is 13.1 Å². The fourth-order valence-corrected chi connectivity index (χ4v) is 0.528. The minimum Gasteiger partial charge on any atom is -0.812 e. The molecule has 0 bridgehead atoms. The zero-order chi connectivity index (χ0) is 8.69. The van der Waals surface area contributed by atoms with Gasteiger partial charge in [0.1, 0.15) is 0 Å². The SMILES string of the molecule is [CH2-]CC(=[N-])CNCC(=[N-])C[CH2-].[Y].[Y]. The molecule has 0 atom stereocenters. The Labute approximate surface area is 131 Å². The molecule has 5 heteroatoms. The molecule has 0 aliphatic rings. The Balaban J connectivity index is -0.000000500. The van der Waals surface area contributed by atoms with E-state index in [2.05, 4.69) is 19.2 Å². The molecule has 0 amide bonds. The summed E-state index contributed by atoms with van der Waals surface area (Å²) in [5.41, 5.74) is 0.587. The van der Waals surface area contributed by atoms with Gasteiger partial charge < -0.3 is 30.0 Å². The van der Waals surface area contributed by atoms with E-state index >= 15 is 0 Å². The summed E-state index contributed by atoms with van der Waals surface area (Å²) in [5, 5.41) is 20.7. The first kappa shape index (κ1) is 20.0. The smallest absolute Gasteiger partial charge is 0 e. The summed E-state index contributed by atoms with van der Waals surface area (Å²) in [6.07, 6.45) is 0.802. The molecule has 3 nitrogen and oxygen atoms in total. The molecular formula is C8H13N3Y2-4. The van der Waals surface area contributed by atoms with Crippen molar-refractivity contribution < 1.29 is 65.4 Å². The van der Waals surface area contributed by atoms with E-state index < -0.39 is 0 Å². The minimum atomic E-state index is 0. The molecule has 0 rings (SSSR count). The number of hydrogen-bond donors (Lipinski definition) is 1. The van der Waals surface area contributed by atoms with Gasteiger partial charge >= 0.3 is 0 Å². The zero-order valence-electron chi connectivity index (χ0n) is 7.79. The van der Waals surface area contributed by atoms with Gasteiger partial charge in [0.15, 0.2) is 0 Å². The Morgan fingerprint density at radius 2 is 1.23 bits per heavy atom. The van der Waals surface area contributed by atoms with Crippen LogP contribution in [0.15, 0.2) is 0 Å². The molecule has 0 aliphatic carbocycles. The summed E-state index contributed by atoms with van der Waals surface area (Å²) >= 11 is 0. The van der Waals surface area contributed by atoms with Crippen molar-refractivity contribution in [3.63, 3.8) is 0 Å². The number of nitrogens with one attached hydrogen (secondary N) is 1. The molecule has 0 saturated heterocycles. The molecule has 0 aliphatic heterocycles. The minimum absolute atomic E-state index is 0. The van der Waals surface area contributed by atoms with Gasteiger partial charge in [-0.25, -0.2) is 11.4 Å². The van der Waals surface area contributed by atoms with Gasteiger partial charge in [0.05, 0.1) is 0 Å². The van der Waals surface area contributed by atoms with Crippen LogP contribution in [0.2, 0.25) is 0 Å². The maximum absolute atomic E-state index is 8.93. The second-order valence-corrected chi connectivity index (χ2v) is 2.24. The van der Waals surface area contributed by atoms with Crippen LogP contribution in [0.1, 0.15) is 12.8 Å². The third kappa shape index (κ3) is 13.5. The van der Waals surface area contributed by atoms with Gasteiger partial charge in [0.2, 0.25) is 0 Å². The van der Waals surface area contributed by atoms with Gasteiger partial charge in [0, 0.05) is 65.4 Å². The fraction of sp³-hybridized carbons (Fsp3) is 0.500. The molecule has 0 aromatic heterocycles. The second kappa shape index (κ2) is 13.5. The topological polar surface area (TPSA) is 56.6 Å². The van der Waals surface area contributed by atoms with Crippen LogP contribution >= 0.6 is 0 Å². The summed E-state index contributed by atoms with van der Waals surface area (Å²) in [7, 11) is 0. The Bertz CT molecular complexity index is 132. The molecule has 0 unspecified atom stereocenters. The molecule has 2 radical (unpaired) electrons. The Kier molecular flexibility index (Phi) is 20.8. The predicted octanol–water partition coefficient (Wildman–Crippen LogP) is 1.04. The summed E-state index contributed by atoms with van der Waals surface area (Å²) < 4.78 is 0. The average Bonchev–Trinajstić information content (AvgIpc) is 2.04. The Hall–Kier alpha value is 1.51. The largest absolute Gasteiger partial charge is 0.812 e. The van der Waals surface area contributed by atoms with Gasteiger partial charge in [-0.3, -0.25) is 0 Å². The van der Waals surface area contributed by atoms with Gasteiger partial charge in [-0.2, -0.15) is 12.8 Å². The van der Waals surface area contributed by atoms with E-state index in [1.807, 2.05) is 0 Å². The van der Waals surface area contributed by atoms with Gasteiger partial charge in [-0.1, -0.05) is 0 Å². The van der Waals surface area contributed by atoms with Crippen molar-refractivity contribution >= 4 is 11.4 Å². The van der Waals surface area contributed by atoms with E-state index in [4.69, 9.17) is 10.8 Å². The molecule has 1 N–H and O–H groups in total. The van der Waals surface area contributed by atoms with Gasteiger partial charge in [0.25, 0.3) is 0 Å². The molecule has 0 heterocycles. The number of nitrogens with zero attached hydrogens (tertiary/aromatic N) is 2. The van der Waals surface area contributed by atoms with Crippen LogP contribution in [0.3, 0.4) is 0 Å². The first-order valence-electron chi connectivity index (χ1n) is 3.57. The fourth-order valence-electron chi connectivity index (χ4n) is 0.528. The van der Waals surface area contributed by atoms with E-state index in [0.717, 1.165) is 0 Å². The Morgan fingerprint density at radius 1 is 0.923 bits per heavy atom. The summed E-state index contributed by atoms with van der Waals surface area (Å²) in [5.74, 6) is 0. The summed E-state index contributed by atoms with van der Waals surface area (Å²) in [6, 6.07) is 0. The molecule has 0 saturated carbocycles. The Morgan fingerprint density at radius 3 is 1.46 bits per heavy atom. The maximum Gasteiger partial charge on any atom is 0 e. The van der Waals surface area contributed by atoms with E-state index in [1.54, 1.807) is 0 Å². The molecule has 70 valence electrons. The molecule has 0 aromatic rings. The first-order chi connectivity index (χ1) is 5.20. The van der Waals surface area contributed by atoms with Crippen LogP contribution in [0, 0.1) is 13.8 Å². The van der Waals surface area contributed by atoms with E-state index in [-0.39, 0.29) is 65.4 Å². The summed E-state index contributed by atoms with van der Waals surface area (Å²) in [4.78, 5) is 0. The monoisotopic (exact) mass is 329 g/mol. The van der Waals surface area contributed by atoms with Gasteiger partial charge in [-0.15, -0.1) is 0 Å². The van der Waals surface area contributed by atoms with Crippen molar-refractivity contribution in [2.75, 3.05) is 13.1 Å². The van der Waals surface area contributed by atoms with Crippen molar-refractivity contribution in [2.24, 2.45) is 0 Å². The van der Waals surface area contributed by atoms with Crippen molar-refractivity contribution in [3.05, 3.63) is 24.7 Å². The predicted molar refractivity (Wildman–Crippen MR) is 49.5 cm³/mol. The number of rotatable bonds is 6. The van der Waals surface area contributed by atoms with Crippen LogP contribution in [-0.2, 0) is 65.4 Å². The quantitative estimate of drug-likeness (QED) is 0.575. The molecular weight excluding hydrogens is 316 g/mol. The van der Waals surface area contributed by atoms with Crippen molar-refractivity contribution in [3.8, 4) is 0 Å². The second-order valence-electron chi connectivity index (χ2n) is 2.24. The summed E-state index contributed by atoms with van der Waals surface area (Å²) in [6.45, 7) is 7.75. The third-order valence-corrected chi connectivity index (χ3v) is 1.24. The molecule has 13 heavy (non-hydrogen) atoms. The molecule has 0 aromatic carbocycles. The van der Waals surface area contributed by atoms with Crippen molar-refractivity contribution in [1.82, 2.24) is 5.32 Å². The van der Waals surface area contributed by atoms with E-state index in [0.29, 0.717) is 37.4 Å². The molecule has 0 fully saturated rings. The van der Waals surface area contributed by atoms with Crippen LogP contribution in [0.5, 0.6) is 0 Å². The number of hydrogen-bond acceptors (Lipinski definition) is 1. The average molecular weight is 329 g/mol. The van der Waals surface area contributed by atoms with Crippen LogP contribution < -0.4 is 5.32 Å². The van der Waals surface area contributed by atoms with E-state index in [9.17, 15) is 0 Å². The van der Waals surface area contributed by atoms with Crippen LogP contribution in [0.4, 0.5) is 0 Å². The maximum atomic E-state index is 8.93. The normalized spacial score (nSPS) is 8.15. The van der Waals surface area contributed by atoms with Crippen LogP contribution in [-0.4, -0.2) is 24.5 Å². The molecule has 0 spiro atoms.